The summed E-state index contributed by atoms with van der Waals surface area (Å²) in [5.41, 5.74) is 0. The van der Waals surface area contributed by atoms with Gasteiger partial charge in [0.05, 0.1) is 0 Å². The van der Waals surface area contributed by atoms with E-state index in [0.717, 1.165) is 15.9 Å². The fourth-order valence-electron chi connectivity index (χ4n) is 0.732. The highest BCUT2D eigenvalue weighted by molar-refractivity contribution is 8.39. The summed E-state index contributed by atoms with van der Waals surface area (Å²) in [6.45, 7) is 0. The minimum Gasteiger partial charge on any atom is -0.305 e. The van der Waals surface area contributed by atoms with Crippen molar-refractivity contribution in [3.63, 3.8) is 0 Å². The third-order valence-corrected chi connectivity index (χ3v) is 3.88. The molecule has 58 valence electrons. The van der Waals surface area contributed by atoms with Crippen LogP contribution >= 0.6 is 23.5 Å². The molecule has 1 rings (SSSR count). The molecule has 0 unspecified atom stereocenters. The summed E-state index contributed by atoms with van der Waals surface area (Å²) < 4.78 is 0.776. The van der Waals surface area contributed by atoms with Crippen LogP contribution in [0.25, 0.3) is 0 Å². The molecule has 0 atom stereocenters. The summed E-state index contributed by atoms with van der Waals surface area (Å²) in [6, 6.07) is 0.657. The molecule has 0 aromatic rings. The molecule has 0 saturated carbocycles. The first-order valence-corrected chi connectivity index (χ1v) is 5.18. The molecule has 1 fully saturated rings. The van der Waals surface area contributed by atoms with Crippen LogP contribution in [0.15, 0.2) is 0 Å². The van der Waals surface area contributed by atoms with Gasteiger partial charge in [-0.1, -0.05) is 23.5 Å². The van der Waals surface area contributed by atoms with Crippen LogP contribution in [0.1, 0.15) is 0 Å². The molecular formula is C6H12N2S2. The fraction of sp³-hybridized carbons (Fsp3) is 0.833. The minimum atomic E-state index is 0.657. The molecule has 0 amide bonds. The van der Waals surface area contributed by atoms with Gasteiger partial charge in [-0.05, 0) is 14.1 Å². The van der Waals surface area contributed by atoms with Gasteiger partial charge in [-0.15, -0.1) is 0 Å². The van der Waals surface area contributed by atoms with Gasteiger partial charge in [-0.2, -0.15) is 0 Å². The highest BCUT2D eigenvalue weighted by Crippen LogP contribution is 2.25. The third-order valence-electron chi connectivity index (χ3n) is 1.54. The summed E-state index contributed by atoms with van der Waals surface area (Å²) in [4.78, 5) is 2.23. The van der Waals surface area contributed by atoms with Gasteiger partial charge in [0.2, 0.25) is 0 Å². The second kappa shape index (κ2) is 3.64. The molecule has 1 aliphatic rings. The lowest BCUT2D eigenvalue weighted by Crippen LogP contribution is -2.35. The molecule has 1 N–H and O–H groups in total. The zero-order valence-electron chi connectivity index (χ0n) is 6.26. The number of hydrogen-bond acceptors (Lipinski definition) is 4. The van der Waals surface area contributed by atoms with Crippen LogP contribution in [0, 0.1) is 5.41 Å². The lowest BCUT2D eigenvalue weighted by Gasteiger charge is -2.26. The van der Waals surface area contributed by atoms with Gasteiger partial charge < -0.3 is 4.90 Å². The van der Waals surface area contributed by atoms with E-state index < -0.39 is 0 Å². The predicted molar refractivity (Wildman–Crippen MR) is 50.1 cm³/mol. The Bertz CT molecular complexity index is 126. The Morgan fingerprint density at radius 1 is 1.40 bits per heavy atom. The third kappa shape index (κ3) is 2.18. The number of nitrogens with zero attached hydrogens (tertiary/aromatic N) is 1. The number of hydrogen-bond donors (Lipinski definition) is 1. The van der Waals surface area contributed by atoms with Crippen molar-refractivity contribution in [2.45, 2.75) is 6.04 Å². The van der Waals surface area contributed by atoms with Gasteiger partial charge in [-0.25, -0.2) is 0 Å². The quantitative estimate of drug-likeness (QED) is 0.653. The number of rotatable bonds is 1. The van der Waals surface area contributed by atoms with E-state index in [2.05, 4.69) is 19.0 Å². The molecule has 10 heavy (non-hydrogen) atoms. The van der Waals surface area contributed by atoms with Gasteiger partial charge in [-0.3, -0.25) is 5.41 Å². The molecule has 1 saturated heterocycles. The van der Waals surface area contributed by atoms with Gasteiger partial charge in [0, 0.05) is 17.5 Å². The highest BCUT2D eigenvalue weighted by Gasteiger charge is 2.18. The second-order valence-corrected chi connectivity index (χ2v) is 4.85. The maximum atomic E-state index is 7.33. The number of nitrogens with one attached hydrogen (secondary N) is 1. The molecule has 0 radical (unpaired) electrons. The molecule has 0 aliphatic carbocycles. The molecule has 0 aromatic carbocycles. The normalized spacial score (nSPS) is 27.5. The summed E-state index contributed by atoms with van der Waals surface area (Å²) >= 11 is 3.32. The van der Waals surface area contributed by atoms with Crippen LogP contribution in [0.5, 0.6) is 0 Å². The van der Waals surface area contributed by atoms with Gasteiger partial charge in [0.25, 0.3) is 0 Å². The van der Waals surface area contributed by atoms with Crippen molar-refractivity contribution in [2.24, 2.45) is 0 Å². The molecule has 0 bridgehead atoms. The van der Waals surface area contributed by atoms with Crippen LogP contribution in [0.3, 0.4) is 0 Å². The Kier molecular flexibility index (Phi) is 3.07. The fourth-order valence-corrected chi connectivity index (χ4v) is 3.14. The van der Waals surface area contributed by atoms with E-state index in [-0.39, 0.29) is 0 Å². The van der Waals surface area contributed by atoms with Crippen LogP contribution in [-0.2, 0) is 0 Å². The summed E-state index contributed by atoms with van der Waals surface area (Å²) in [5.74, 6) is 2.16. The summed E-state index contributed by atoms with van der Waals surface area (Å²) in [5, 5.41) is 7.33. The standard InChI is InChI=1S/C6H12N2S2/c1-8(2)5-3-9-6(7)10-4-5/h5,7H,3-4H2,1-2H3. The Morgan fingerprint density at radius 2 is 1.90 bits per heavy atom. The van der Waals surface area contributed by atoms with E-state index >= 15 is 0 Å². The topological polar surface area (TPSA) is 27.1 Å². The van der Waals surface area contributed by atoms with E-state index in [1.165, 1.54) is 0 Å². The average Bonchev–Trinajstić information content (AvgIpc) is 1.88. The first kappa shape index (κ1) is 8.43. The lowest BCUT2D eigenvalue weighted by molar-refractivity contribution is 0.345. The Balaban J connectivity index is 2.33. The summed E-state index contributed by atoms with van der Waals surface area (Å²) in [6.07, 6.45) is 0. The molecular weight excluding hydrogens is 164 g/mol. The smallest absolute Gasteiger partial charge is 0.121 e. The maximum Gasteiger partial charge on any atom is 0.121 e. The van der Waals surface area contributed by atoms with Crippen molar-refractivity contribution in [1.29, 1.82) is 5.41 Å². The Hall–Kier alpha value is 0.330. The first-order valence-electron chi connectivity index (χ1n) is 3.20. The Morgan fingerprint density at radius 3 is 2.30 bits per heavy atom. The second-order valence-electron chi connectivity index (χ2n) is 2.53. The molecule has 1 aliphatic heterocycles. The molecule has 4 heteroatoms. The molecule has 1 heterocycles. The average molecular weight is 176 g/mol. The van der Waals surface area contributed by atoms with Crippen molar-refractivity contribution >= 4 is 27.9 Å². The predicted octanol–water partition coefficient (Wildman–Crippen LogP) is 1.33. The van der Waals surface area contributed by atoms with Gasteiger partial charge >= 0.3 is 0 Å². The van der Waals surface area contributed by atoms with Crippen molar-refractivity contribution in [3.05, 3.63) is 0 Å². The van der Waals surface area contributed by atoms with E-state index in [4.69, 9.17) is 5.41 Å². The van der Waals surface area contributed by atoms with Crippen molar-refractivity contribution in [1.82, 2.24) is 4.90 Å². The van der Waals surface area contributed by atoms with E-state index in [1.54, 1.807) is 23.5 Å². The highest BCUT2D eigenvalue weighted by atomic mass is 32.2. The van der Waals surface area contributed by atoms with Crippen LogP contribution < -0.4 is 0 Å². The SMILES string of the molecule is CN(C)C1CSC(=N)SC1. The minimum absolute atomic E-state index is 0.657. The zero-order valence-corrected chi connectivity index (χ0v) is 7.89. The van der Waals surface area contributed by atoms with Crippen LogP contribution in [0.4, 0.5) is 0 Å². The largest absolute Gasteiger partial charge is 0.305 e. The molecule has 0 aromatic heterocycles. The number of thioether (sulfide) groups is 2. The van der Waals surface area contributed by atoms with Gasteiger partial charge in [0.1, 0.15) is 4.38 Å². The van der Waals surface area contributed by atoms with Crippen molar-refractivity contribution < 1.29 is 0 Å². The lowest BCUT2D eigenvalue weighted by atomic mass is 10.4. The zero-order chi connectivity index (χ0) is 7.56. The monoisotopic (exact) mass is 176 g/mol. The Labute approximate surface area is 70.2 Å². The van der Waals surface area contributed by atoms with Crippen molar-refractivity contribution in [3.8, 4) is 0 Å². The maximum absolute atomic E-state index is 7.33. The van der Waals surface area contributed by atoms with Crippen LogP contribution in [-0.4, -0.2) is 40.9 Å². The van der Waals surface area contributed by atoms with E-state index in [0.29, 0.717) is 6.04 Å². The van der Waals surface area contributed by atoms with Crippen LogP contribution in [0.2, 0.25) is 0 Å². The van der Waals surface area contributed by atoms with E-state index in [9.17, 15) is 0 Å². The molecule has 0 spiro atoms. The van der Waals surface area contributed by atoms with E-state index in [1.807, 2.05) is 0 Å². The molecule has 2 nitrogen and oxygen atoms in total. The summed E-state index contributed by atoms with van der Waals surface area (Å²) in [7, 11) is 4.20. The van der Waals surface area contributed by atoms with Crippen molar-refractivity contribution in [2.75, 3.05) is 25.6 Å². The first-order chi connectivity index (χ1) is 4.70. The van der Waals surface area contributed by atoms with Gasteiger partial charge in [0.15, 0.2) is 0 Å².